The fraction of sp³-hybridized carbons (Fsp3) is 0.737. The molecular weight excluding hydrogens is 427 g/mol. The molecule has 5 nitrogen and oxygen atoms in total. The van der Waals surface area contributed by atoms with Crippen LogP contribution in [0, 0.1) is 5.41 Å². The lowest BCUT2D eigenvalue weighted by atomic mass is 9.86. The van der Waals surface area contributed by atoms with Crippen molar-refractivity contribution in [3.8, 4) is 0 Å². The van der Waals surface area contributed by atoms with E-state index in [2.05, 4.69) is 36.1 Å². The highest BCUT2D eigenvalue weighted by atomic mass is 127. The lowest BCUT2D eigenvalue weighted by molar-refractivity contribution is 0.263. The van der Waals surface area contributed by atoms with E-state index in [-0.39, 0.29) is 30.0 Å². The summed E-state index contributed by atoms with van der Waals surface area (Å²) in [6, 6.07) is 4.17. The van der Waals surface area contributed by atoms with Gasteiger partial charge in [0.1, 0.15) is 5.76 Å². The number of nitrogens with zero attached hydrogens (tertiary/aromatic N) is 3. The second-order valence-electron chi connectivity index (χ2n) is 7.57. The third-order valence-corrected chi connectivity index (χ3v) is 5.65. The summed E-state index contributed by atoms with van der Waals surface area (Å²) in [6.07, 6.45) is 8.68. The average Bonchev–Trinajstić information content (AvgIpc) is 3.30. The molecule has 1 aliphatic carbocycles. The Kier molecular flexibility index (Phi) is 7.61. The first-order valence-corrected chi connectivity index (χ1v) is 9.37. The molecule has 3 rings (SSSR count). The zero-order chi connectivity index (χ0) is 17.0. The van der Waals surface area contributed by atoms with E-state index >= 15 is 0 Å². The van der Waals surface area contributed by atoms with Gasteiger partial charge in [0.15, 0.2) is 5.96 Å². The number of likely N-dealkylation sites (N-methyl/N-ethyl adjacent to an activating group) is 1. The van der Waals surface area contributed by atoms with Crippen molar-refractivity contribution in [2.45, 2.75) is 45.1 Å². The Morgan fingerprint density at radius 2 is 2.12 bits per heavy atom. The first-order chi connectivity index (χ1) is 11.6. The van der Waals surface area contributed by atoms with Gasteiger partial charge in [0.2, 0.25) is 0 Å². The van der Waals surface area contributed by atoms with Crippen LogP contribution in [-0.2, 0) is 0 Å². The van der Waals surface area contributed by atoms with Gasteiger partial charge >= 0.3 is 0 Å². The summed E-state index contributed by atoms with van der Waals surface area (Å²) in [5.41, 5.74) is 0.568. The predicted octanol–water partition coefficient (Wildman–Crippen LogP) is 3.73. The summed E-state index contributed by atoms with van der Waals surface area (Å²) in [6.45, 7) is 6.08. The maximum absolute atomic E-state index is 5.61. The van der Waals surface area contributed by atoms with Gasteiger partial charge in [-0.05, 0) is 57.8 Å². The van der Waals surface area contributed by atoms with Crippen molar-refractivity contribution in [1.82, 2.24) is 15.1 Å². The van der Waals surface area contributed by atoms with Crippen LogP contribution in [0.1, 0.15) is 50.8 Å². The summed E-state index contributed by atoms with van der Waals surface area (Å²) < 4.78 is 5.61. The van der Waals surface area contributed by atoms with Crippen LogP contribution in [-0.4, -0.2) is 56.0 Å². The van der Waals surface area contributed by atoms with Crippen molar-refractivity contribution in [3.63, 3.8) is 0 Å². The molecule has 142 valence electrons. The smallest absolute Gasteiger partial charge is 0.194 e. The fourth-order valence-corrected chi connectivity index (χ4v) is 4.24. The largest absolute Gasteiger partial charge is 0.468 e. The number of likely N-dealkylation sites (tertiary alicyclic amines) is 1. The zero-order valence-electron chi connectivity index (χ0n) is 15.8. The molecule has 1 unspecified atom stereocenters. The van der Waals surface area contributed by atoms with Crippen molar-refractivity contribution in [2.75, 3.05) is 40.3 Å². The number of rotatable bonds is 5. The van der Waals surface area contributed by atoms with Gasteiger partial charge in [-0.25, -0.2) is 0 Å². The van der Waals surface area contributed by atoms with E-state index < -0.39 is 0 Å². The third kappa shape index (κ3) is 4.90. The van der Waals surface area contributed by atoms with E-state index in [0.29, 0.717) is 12.0 Å². The van der Waals surface area contributed by atoms with Gasteiger partial charge in [0.05, 0.1) is 18.8 Å². The number of hydrogen-bond donors (Lipinski definition) is 1. The van der Waals surface area contributed by atoms with Gasteiger partial charge in [-0.15, -0.1) is 24.0 Å². The molecule has 0 radical (unpaired) electrons. The van der Waals surface area contributed by atoms with Crippen LogP contribution in [0.15, 0.2) is 27.8 Å². The molecule has 1 spiro atoms. The maximum atomic E-state index is 5.61. The Morgan fingerprint density at radius 1 is 1.36 bits per heavy atom. The molecule has 0 bridgehead atoms. The molecule has 1 aromatic rings. The molecule has 0 aromatic carbocycles. The molecule has 2 fully saturated rings. The summed E-state index contributed by atoms with van der Waals surface area (Å²) in [5.74, 6) is 2.05. The van der Waals surface area contributed by atoms with Gasteiger partial charge in [-0.2, -0.15) is 0 Å². The van der Waals surface area contributed by atoms with E-state index in [0.717, 1.165) is 24.8 Å². The minimum atomic E-state index is 0. The lowest BCUT2D eigenvalue weighted by Crippen LogP contribution is -2.41. The highest BCUT2D eigenvalue weighted by molar-refractivity contribution is 14.0. The van der Waals surface area contributed by atoms with E-state index in [1.54, 1.807) is 6.26 Å². The van der Waals surface area contributed by atoms with Crippen LogP contribution in [0.5, 0.6) is 0 Å². The van der Waals surface area contributed by atoms with E-state index in [9.17, 15) is 0 Å². The molecule has 6 heteroatoms. The molecule has 1 aromatic heterocycles. The lowest BCUT2D eigenvalue weighted by Gasteiger charge is -2.27. The predicted molar refractivity (Wildman–Crippen MR) is 114 cm³/mol. The van der Waals surface area contributed by atoms with Crippen molar-refractivity contribution in [1.29, 1.82) is 0 Å². The van der Waals surface area contributed by atoms with E-state index in [1.807, 2.05) is 12.1 Å². The SMILES string of the molecule is CCNC(=NCC(c1ccco1)N(C)C)N1CCC2(CCCC2)C1.I. The van der Waals surface area contributed by atoms with Crippen molar-refractivity contribution in [2.24, 2.45) is 10.4 Å². The summed E-state index contributed by atoms with van der Waals surface area (Å²) >= 11 is 0. The van der Waals surface area contributed by atoms with Crippen LogP contribution >= 0.6 is 24.0 Å². The monoisotopic (exact) mass is 460 g/mol. The number of aliphatic imine (C=N–C) groups is 1. The Morgan fingerprint density at radius 3 is 2.72 bits per heavy atom. The van der Waals surface area contributed by atoms with Crippen LogP contribution < -0.4 is 5.32 Å². The highest BCUT2D eigenvalue weighted by Crippen LogP contribution is 2.45. The Hall–Kier alpha value is -0.760. The minimum absolute atomic E-state index is 0. The minimum Gasteiger partial charge on any atom is -0.468 e. The maximum Gasteiger partial charge on any atom is 0.194 e. The van der Waals surface area contributed by atoms with Crippen LogP contribution in [0.2, 0.25) is 0 Å². The zero-order valence-corrected chi connectivity index (χ0v) is 18.2. The Bertz CT molecular complexity index is 538. The second-order valence-corrected chi connectivity index (χ2v) is 7.57. The quantitative estimate of drug-likeness (QED) is 0.413. The standard InChI is InChI=1S/C19H32N4O.HI/c1-4-20-18(23-12-11-19(15-23)9-5-6-10-19)21-14-16(22(2)3)17-8-7-13-24-17;/h7-8,13,16H,4-6,9-12,14-15H2,1-3H3,(H,20,21);1H. The number of guanidine groups is 1. The second kappa shape index (κ2) is 9.26. The van der Waals surface area contributed by atoms with E-state index in [1.165, 1.54) is 38.6 Å². The summed E-state index contributed by atoms with van der Waals surface area (Å²) in [7, 11) is 4.16. The van der Waals surface area contributed by atoms with E-state index in [4.69, 9.17) is 9.41 Å². The molecule has 1 aliphatic heterocycles. The molecule has 25 heavy (non-hydrogen) atoms. The molecule has 1 atom stereocenters. The van der Waals surface area contributed by atoms with Gasteiger partial charge in [0.25, 0.3) is 0 Å². The molecule has 2 aliphatic rings. The molecule has 2 heterocycles. The highest BCUT2D eigenvalue weighted by Gasteiger charge is 2.41. The number of hydrogen-bond acceptors (Lipinski definition) is 3. The summed E-state index contributed by atoms with van der Waals surface area (Å²) in [5, 5.41) is 3.50. The topological polar surface area (TPSA) is 44.0 Å². The molecule has 1 N–H and O–H groups in total. The van der Waals surface area contributed by atoms with Gasteiger partial charge in [-0.3, -0.25) is 9.89 Å². The number of halogens is 1. The molecule has 0 amide bonds. The van der Waals surface area contributed by atoms with Crippen LogP contribution in [0.4, 0.5) is 0 Å². The van der Waals surface area contributed by atoms with Gasteiger partial charge in [0, 0.05) is 19.6 Å². The molecule has 1 saturated heterocycles. The van der Waals surface area contributed by atoms with Crippen molar-refractivity contribution < 1.29 is 4.42 Å². The van der Waals surface area contributed by atoms with Gasteiger partial charge in [-0.1, -0.05) is 12.8 Å². The third-order valence-electron chi connectivity index (χ3n) is 5.65. The number of furan rings is 1. The van der Waals surface area contributed by atoms with Crippen molar-refractivity contribution in [3.05, 3.63) is 24.2 Å². The Balaban J connectivity index is 0.00000225. The average molecular weight is 460 g/mol. The molecular formula is C19H33IN4O. The van der Waals surface area contributed by atoms with Gasteiger partial charge < -0.3 is 14.6 Å². The van der Waals surface area contributed by atoms with Crippen LogP contribution in [0.3, 0.4) is 0 Å². The first kappa shape index (κ1) is 20.6. The molecule has 1 saturated carbocycles. The normalized spacial score (nSPS) is 21.0. The number of nitrogens with one attached hydrogen (secondary N) is 1. The fourth-order valence-electron chi connectivity index (χ4n) is 4.24. The summed E-state index contributed by atoms with van der Waals surface area (Å²) in [4.78, 5) is 9.61. The van der Waals surface area contributed by atoms with Crippen LogP contribution in [0.25, 0.3) is 0 Å². The van der Waals surface area contributed by atoms with Crippen molar-refractivity contribution >= 4 is 29.9 Å². The first-order valence-electron chi connectivity index (χ1n) is 9.37. The Labute approximate surface area is 169 Å².